The summed E-state index contributed by atoms with van der Waals surface area (Å²) in [6, 6.07) is 16.9. The van der Waals surface area contributed by atoms with Crippen molar-refractivity contribution in [2.24, 2.45) is 0 Å². The van der Waals surface area contributed by atoms with Gasteiger partial charge in [0, 0.05) is 0 Å². The predicted molar refractivity (Wildman–Crippen MR) is 111 cm³/mol. The lowest BCUT2D eigenvalue weighted by atomic mass is 10.0. The Kier molecular flexibility index (Phi) is 8.53. The van der Waals surface area contributed by atoms with Gasteiger partial charge in [0.15, 0.2) is 0 Å². The Labute approximate surface area is 159 Å². The van der Waals surface area contributed by atoms with Crippen LogP contribution in [0.15, 0.2) is 48.5 Å². The summed E-state index contributed by atoms with van der Waals surface area (Å²) in [7, 11) is 0. The van der Waals surface area contributed by atoms with Crippen LogP contribution < -0.4 is 9.47 Å². The summed E-state index contributed by atoms with van der Waals surface area (Å²) in [5, 5.41) is 0. The summed E-state index contributed by atoms with van der Waals surface area (Å²) in [5.41, 5.74) is 2.72. The van der Waals surface area contributed by atoms with Gasteiger partial charge in [0.25, 0.3) is 0 Å². The standard InChI is InChI=1S/C24H34O2/c1-19(2)21-9-13-23(14-10-21)25-17-7-5-6-8-18-26-24-15-11-22(12-16-24)20(3)4/h9-16,19-20H,5-8,17-18H2,1-4H3. The molecule has 0 aliphatic carbocycles. The molecular formula is C24H34O2. The fraction of sp³-hybridized carbons (Fsp3) is 0.500. The van der Waals surface area contributed by atoms with Crippen LogP contribution in [-0.4, -0.2) is 13.2 Å². The van der Waals surface area contributed by atoms with Crippen molar-refractivity contribution in [3.63, 3.8) is 0 Å². The van der Waals surface area contributed by atoms with Crippen molar-refractivity contribution in [2.45, 2.75) is 65.2 Å². The molecule has 2 rings (SSSR count). The zero-order valence-electron chi connectivity index (χ0n) is 16.8. The van der Waals surface area contributed by atoms with Gasteiger partial charge in [-0.15, -0.1) is 0 Å². The molecule has 0 heterocycles. The van der Waals surface area contributed by atoms with Crippen LogP contribution in [0, 0.1) is 0 Å². The molecule has 0 atom stereocenters. The molecule has 0 aliphatic heterocycles. The Hall–Kier alpha value is -1.96. The molecule has 142 valence electrons. The van der Waals surface area contributed by atoms with Gasteiger partial charge in [-0.1, -0.05) is 52.0 Å². The number of unbranched alkanes of at least 4 members (excludes halogenated alkanes) is 3. The van der Waals surface area contributed by atoms with Crippen molar-refractivity contribution in [1.82, 2.24) is 0 Å². The van der Waals surface area contributed by atoms with Crippen LogP contribution in [0.5, 0.6) is 11.5 Å². The molecule has 0 saturated carbocycles. The van der Waals surface area contributed by atoms with E-state index in [-0.39, 0.29) is 0 Å². The maximum absolute atomic E-state index is 5.82. The molecule has 2 heteroatoms. The summed E-state index contributed by atoms with van der Waals surface area (Å²) >= 11 is 0. The number of hydrogen-bond donors (Lipinski definition) is 0. The Bertz CT molecular complexity index is 554. The fourth-order valence-electron chi connectivity index (χ4n) is 2.84. The van der Waals surface area contributed by atoms with Gasteiger partial charge >= 0.3 is 0 Å². The molecule has 0 unspecified atom stereocenters. The molecule has 0 amide bonds. The van der Waals surface area contributed by atoms with Gasteiger partial charge in [-0.05, 0) is 72.9 Å². The zero-order chi connectivity index (χ0) is 18.8. The third kappa shape index (κ3) is 7.11. The van der Waals surface area contributed by atoms with E-state index in [1.54, 1.807) is 0 Å². The molecule has 0 saturated heterocycles. The van der Waals surface area contributed by atoms with E-state index in [1.807, 2.05) is 0 Å². The Morgan fingerprint density at radius 3 is 1.19 bits per heavy atom. The SMILES string of the molecule is CC(C)c1ccc(OCCCCCCOc2ccc(C(C)C)cc2)cc1. The zero-order valence-corrected chi connectivity index (χ0v) is 16.8. The second-order valence-corrected chi connectivity index (χ2v) is 7.56. The summed E-state index contributed by atoms with van der Waals surface area (Å²) in [4.78, 5) is 0. The van der Waals surface area contributed by atoms with Crippen LogP contribution in [0.3, 0.4) is 0 Å². The number of rotatable bonds is 11. The first-order valence-electron chi connectivity index (χ1n) is 10.0. The molecule has 26 heavy (non-hydrogen) atoms. The lowest BCUT2D eigenvalue weighted by molar-refractivity contribution is 0.287. The van der Waals surface area contributed by atoms with Gasteiger partial charge in [-0.25, -0.2) is 0 Å². The number of ether oxygens (including phenoxy) is 2. The molecule has 2 aromatic carbocycles. The maximum atomic E-state index is 5.82. The van der Waals surface area contributed by atoms with Crippen molar-refractivity contribution in [2.75, 3.05) is 13.2 Å². The maximum Gasteiger partial charge on any atom is 0.119 e. The molecule has 0 N–H and O–H groups in total. The summed E-state index contributed by atoms with van der Waals surface area (Å²) < 4.78 is 11.6. The van der Waals surface area contributed by atoms with Gasteiger partial charge in [-0.3, -0.25) is 0 Å². The van der Waals surface area contributed by atoms with Crippen LogP contribution >= 0.6 is 0 Å². The Balaban J connectivity index is 1.51. The summed E-state index contributed by atoms with van der Waals surface area (Å²) in [6.07, 6.45) is 4.55. The van der Waals surface area contributed by atoms with E-state index in [0.29, 0.717) is 11.8 Å². The van der Waals surface area contributed by atoms with E-state index in [2.05, 4.69) is 76.2 Å². The first kappa shape index (κ1) is 20.4. The lowest BCUT2D eigenvalue weighted by Crippen LogP contribution is -2.00. The van der Waals surface area contributed by atoms with Crippen LogP contribution in [0.2, 0.25) is 0 Å². The third-order valence-corrected chi connectivity index (χ3v) is 4.67. The smallest absolute Gasteiger partial charge is 0.119 e. The quantitative estimate of drug-likeness (QED) is 0.406. The first-order valence-corrected chi connectivity index (χ1v) is 10.0. The van der Waals surface area contributed by atoms with E-state index in [4.69, 9.17) is 9.47 Å². The number of benzene rings is 2. The first-order chi connectivity index (χ1) is 12.6. The monoisotopic (exact) mass is 354 g/mol. The summed E-state index contributed by atoms with van der Waals surface area (Å²) in [6.45, 7) is 10.4. The highest BCUT2D eigenvalue weighted by Gasteiger charge is 2.01. The van der Waals surface area contributed by atoms with Crippen molar-refractivity contribution in [3.05, 3.63) is 59.7 Å². The van der Waals surface area contributed by atoms with Crippen molar-refractivity contribution >= 4 is 0 Å². The Morgan fingerprint density at radius 2 is 0.885 bits per heavy atom. The Morgan fingerprint density at radius 1 is 0.538 bits per heavy atom. The molecule has 0 aromatic heterocycles. The summed E-state index contributed by atoms with van der Waals surface area (Å²) in [5.74, 6) is 3.09. The molecule has 2 nitrogen and oxygen atoms in total. The molecule has 0 fully saturated rings. The van der Waals surface area contributed by atoms with Gasteiger partial charge < -0.3 is 9.47 Å². The van der Waals surface area contributed by atoms with E-state index >= 15 is 0 Å². The van der Waals surface area contributed by atoms with Crippen LogP contribution in [0.25, 0.3) is 0 Å². The van der Waals surface area contributed by atoms with E-state index in [1.165, 1.54) is 24.0 Å². The van der Waals surface area contributed by atoms with Crippen molar-refractivity contribution in [3.8, 4) is 11.5 Å². The second-order valence-electron chi connectivity index (χ2n) is 7.56. The third-order valence-electron chi connectivity index (χ3n) is 4.67. The van der Waals surface area contributed by atoms with E-state index in [9.17, 15) is 0 Å². The molecule has 0 aliphatic rings. The average Bonchev–Trinajstić information content (AvgIpc) is 2.64. The van der Waals surface area contributed by atoms with E-state index in [0.717, 1.165) is 37.6 Å². The van der Waals surface area contributed by atoms with Crippen molar-refractivity contribution in [1.29, 1.82) is 0 Å². The van der Waals surface area contributed by atoms with Gasteiger partial charge in [-0.2, -0.15) is 0 Å². The largest absolute Gasteiger partial charge is 0.494 e. The van der Waals surface area contributed by atoms with Crippen molar-refractivity contribution < 1.29 is 9.47 Å². The number of hydrogen-bond acceptors (Lipinski definition) is 2. The van der Waals surface area contributed by atoms with Crippen LogP contribution in [0.4, 0.5) is 0 Å². The van der Waals surface area contributed by atoms with Crippen LogP contribution in [0.1, 0.15) is 76.3 Å². The van der Waals surface area contributed by atoms with Gasteiger partial charge in [0.1, 0.15) is 11.5 Å². The second kappa shape index (κ2) is 10.9. The predicted octanol–water partition coefficient (Wildman–Crippen LogP) is 6.95. The minimum absolute atomic E-state index is 0.569. The molecular weight excluding hydrogens is 320 g/mol. The average molecular weight is 355 g/mol. The lowest BCUT2D eigenvalue weighted by Gasteiger charge is -2.10. The minimum Gasteiger partial charge on any atom is -0.494 e. The minimum atomic E-state index is 0.569. The molecule has 0 bridgehead atoms. The topological polar surface area (TPSA) is 18.5 Å². The molecule has 0 spiro atoms. The van der Waals surface area contributed by atoms with Crippen LogP contribution in [-0.2, 0) is 0 Å². The fourth-order valence-corrected chi connectivity index (χ4v) is 2.84. The normalized spacial score (nSPS) is 11.2. The highest BCUT2D eigenvalue weighted by molar-refractivity contribution is 5.29. The highest BCUT2D eigenvalue weighted by Crippen LogP contribution is 2.20. The highest BCUT2D eigenvalue weighted by atomic mass is 16.5. The molecule has 0 radical (unpaired) electrons. The van der Waals surface area contributed by atoms with E-state index < -0.39 is 0 Å². The molecule has 2 aromatic rings. The van der Waals surface area contributed by atoms with Gasteiger partial charge in [0.2, 0.25) is 0 Å². The van der Waals surface area contributed by atoms with Gasteiger partial charge in [0.05, 0.1) is 13.2 Å².